The van der Waals surface area contributed by atoms with Crippen molar-refractivity contribution in [2.45, 2.75) is 38.4 Å². The van der Waals surface area contributed by atoms with E-state index in [1.165, 1.54) is 12.8 Å². The number of likely N-dealkylation sites (N-methyl/N-ethyl adjacent to an activating group) is 1. The van der Waals surface area contributed by atoms with E-state index in [-0.39, 0.29) is 6.61 Å². The molecule has 1 fully saturated rings. The zero-order valence-electron chi connectivity index (χ0n) is 10.9. The molecule has 3 nitrogen and oxygen atoms in total. The van der Waals surface area contributed by atoms with E-state index in [1.807, 2.05) is 0 Å². The minimum absolute atomic E-state index is 0.161. The molecule has 1 rings (SSSR count). The summed E-state index contributed by atoms with van der Waals surface area (Å²) in [5.41, 5.74) is 0. The van der Waals surface area contributed by atoms with Crippen LogP contribution in [-0.4, -0.2) is 56.5 Å². The minimum Gasteiger partial charge on any atom is -0.372 e. The second-order valence-electron chi connectivity index (χ2n) is 4.65. The Morgan fingerprint density at radius 2 is 2.17 bits per heavy atom. The minimum atomic E-state index is -4.21. The molecule has 1 aliphatic heterocycles. The lowest BCUT2D eigenvalue weighted by Gasteiger charge is -2.22. The van der Waals surface area contributed by atoms with Gasteiger partial charge in [-0.05, 0) is 38.9 Å². The first kappa shape index (κ1) is 15.7. The Balaban J connectivity index is 1.92. The van der Waals surface area contributed by atoms with Gasteiger partial charge < -0.3 is 10.1 Å². The van der Waals surface area contributed by atoms with Crippen molar-refractivity contribution < 1.29 is 17.9 Å². The summed E-state index contributed by atoms with van der Waals surface area (Å²) in [6, 6.07) is 0.589. The molecule has 0 aromatic rings. The van der Waals surface area contributed by atoms with Gasteiger partial charge in [0.2, 0.25) is 0 Å². The molecule has 0 saturated carbocycles. The Labute approximate surface area is 107 Å². The largest absolute Gasteiger partial charge is 0.411 e. The van der Waals surface area contributed by atoms with E-state index in [4.69, 9.17) is 0 Å². The van der Waals surface area contributed by atoms with Crippen LogP contribution in [0.4, 0.5) is 13.2 Å². The van der Waals surface area contributed by atoms with Crippen LogP contribution in [0, 0.1) is 0 Å². The van der Waals surface area contributed by atoms with Gasteiger partial charge in [0.05, 0.1) is 0 Å². The van der Waals surface area contributed by atoms with Crippen LogP contribution in [-0.2, 0) is 4.74 Å². The molecule has 1 unspecified atom stereocenters. The van der Waals surface area contributed by atoms with Gasteiger partial charge in [0.25, 0.3) is 0 Å². The molecule has 0 aromatic carbocycles. The lowest BCUT2D eigenvalue weighted by atomic mass is 10.2. The summed E-state index contributed by atoms with van der Waals surface area (Å²) in [7, 11) is 0. The Bertz CT molecular complexity index is 224. The molecule has 1 atom stereocenters. The molecule has 0 amide bonds. The molecular weight excluding hydrogens is 245 g/mol. The highest BCUT2D eigenvalue weighted by molar-refractivity contribution is 4.79. The highest BCUT2D eigenvalue weighted by atomic mass is 19.4. The van der Waals surface area contributed by atoms with Crippen LogP contribution in [0.3, 0.4) is 0 Å². The Kier molecular flexibility index (Phi) is 6.96. The van der Waals surface area contributed by atoms with Gasteiger partial charge in [-0.1, -0.05) is 6.92 Å². The second kappa shape index (κ2) is 7.96. The van der Waals surface area contributed by atoms with Gasteiger partial charge in [0.15, 0.2) is 0 Å². The topological polar surface area (TPSA) is 24.5 Å². The predicted molar refractivity (Wildman–Crippen MR) is 64.6 cm³/mol. The van der Waals surface area contributed by atoms with Crippen molar-refractivity contribution in [2.75, 3.05) is 39.4 Å². The average molecular weight is 268 g/mol. The summed E-state index contributed by atoms with van der Waals surface area (Å²) in [5.74, 6) is 0. The quantitative estimate of drug-likeness (QED) is 0.682. The lowest BCUT2D eigenvalue weighted by Crippen LogP contribution is -2.38. The van der Waals surface area contributed by atoms with Crippen LogP contribution in [0.1, 0.15) is 26.2 Å². The molecule has 1 saturated heterocycles. The molecule has 6 heteroatoms. The Morgan fingerprint density at radius 3 is 2.83 bits per heavy atom. The molecule has 0 aromatic heterocycles. The number of hydrogen-bond donors (Lipinski definition) is 1. The first-order valence-electron chi connectivity index (χ1n) is 6.62. The van der Waals surface area contributed by atoms with Crippen molar-refractivity contribution >= 4 is 0 Å². The third-order valence-corrected chi connectivity index (χ3v) is 3.19. The van der Waals surface area contributed by atoms with E-state index in [9.17, 15) is 13.2 Å². The molecule has 1 N–H and O–H groups in total. The van der Waals surface area contributed by atoms with Crippen LogP contribution >= 0.6 is 0 Å². The first-order chi connectivity index (χ1) is 8.53. The zero-order valence-corrected chi connectivity index (χ0v) is 10.9. The van der Waals surface area contributed by atoms with Crippen molar-refractivity contribution in [1.29, 1.82) is 0 Å². The summed E-state index contributed by atoms with van der Waals surface area (Å²) in [6.07, 6.45) is -1.13. The van der Waals surface area contributed by atoms with Crippen molar-refractivity contribution in [3.8, 4) is 0 Å². The Morgan fingerprint density at radius 1 is 1.39 bits per heavy atom. The SMILES string of the molecule is CCN1CCCC1CNCCCOCC(F)(F)F. The monoisotopic (exact) mass is 268 g/mol. The molecule has 0 spiro atoms. The van der Waals surface area contributed by atoms with E-state index in [0.29, 0.717) is 19.0 Å². The maximum atomic E-state index is 11.8. The van der Waals surface area contributed by atoms with Gasteiger partial charge >= 0.3 is 6.18 Å². The van der Waals surface area contributed by atoms with Crippen molar-refractivity contribution in [2.24, 2.45) is 0 Å². The van der Waals surface area contributed by atoms with E-state index >= 15 is 0 Å². The summed E-state index contributed by atoms with van der Waals surface area (Å²) in [4.78, 5) is 2.44. The van der Waals surface area contributed by atoms with Crippen LogP contribution in [0.5, 0.6) is 0 Å². The predicted octanol–water partition coefficient (Wildman–Crippen LogP) is 2.03. The normalized spacial score (nSPS) is 21.7. The smallest absolute Gasteiger partial charge is 0.372 e. The highest BCUT2D eigenvalue weighted by Crippen LogP contribution is 2.15. The van der Waals surface area contributed by atoms with Crippen LogP contribution in [0.2, 0.25) is 0 Å². The number of ether oxygens (including phenoxy) is 1. The average Bonchev–Trinajstić information content (AvgIpc) is 2.73. The number of halogens is 3. The molecular formula is C12H23F3N2O. The van der Waals surface area contributed by atoms with Gasteiger partial charge in [-0.25, -0.2) is 0 Å². The number of hydrogen-bond acceptors (Lipinski definition) is 3. The lowest BCUT2D eigenvalue weighted by molar-refractivity contribution is -0.173. The fourth-order valence-electron chi connectivity index (χ4n) is 2.30. The van der Waals surface area contributed by atoms with Gasteiger partial charge in [0, 0.05) is 19.2 Å². The first-order valence-corrected chi connectivity index (χ1v) is 6.62. The fourth-order valence-corrected chi connectivity index (χ4v) is 2.30. The highest BCUT2D eigenvalue weighted by Gasteiger charge is 2.27. The molecule has 0 bridgehead atoms. The number of nitrogens with one attached hydrogen (secondary N) is 1. The third kappa shape index (κ3) is 6.56. The van der Waals surface area contributed by atoms with Crippen LogP contribution in [0.15, 0.2) is 0 Å². The maximum absolute atomic E-state index is 11.8. The summed E-state index contributed by atoms with van der Waals surface area (Å²) in [6.45, 7) is 5.05. The van der Waals surface area contributed by atoms with Gasteiger partial charge in [-0.15, -0.1) is 0 Å². The number of alkyl halides is 3. The Hall–Kier alpha value is -0.330. The third-order valence-electron chi connectivity index (χ3n) is 3.19. The van der Waals surface area contributed by atoms with Crippen LogP contribution in [0.25, 0.3) is 0 Å². The summed E-state index contributed by atoms with van der Waals surface area (Å²) >= 11 is 0. The van der Waals surface area contributed by atoms with Gasteiger partial charge in [-0.2, -0.15) is 13.2 Å². The van der Waals surface area contributed by atoms with E-state index in [2.05, 4.69) is 21.9 Å². The van der Waals surface area contributed by atoms with Crippen molar-refractivity contribution in [3.05, 3.63) is 0 Å². The number of rotatable bonds is 8. The van der Waals surface area contributed by atoms with E-state index in [1.54, 1.807) is 0 Å². The standard InChI is InChI=1S/C12H23F3N2O/c1-2-17-7-3-5-11(17)9-16-6-4-8-18-10-12(13,14)15/h11,16H,2-10H2,1H3. The molecule has 108 valence electrons. The van der Waals surface area contributed by atoms with E-state index in [0.717, 1.165) is 19.6 Å². The van der Waals surface area contributed by atoms with E-state index < -0.39 is 12.8 Å². The summed E-state index contributed by atoms with van der Waals surface area (Å²) in [5, 5.41) is 3.29. The molecule has 18 heavy (non-hydrogen) atoms. The fraction of sp³-hybridized carbons (Fsp3) is 1.00. The van der Waals surface area contributed by atoms with Crippen molar-refractivity contribution in [1.82, 2.24) is 10.2 Å². The second-order valence-corrected chi connectivity index (χ2v) is 4.65. The molecule has 1 heterocycles. The van der Waals surface area contributed by atoms with Gasteiger partial charge in [0.1, 0.15) is 6.61 Å². The van der Waals surface area contributed by atoms with Gasteiger partial charge in [-0.3, -0.25) is 4.90 Å². The summed E-state index contributed by atoms with van der Waals surface area (Å²) < 4.78 is 39.9. The molecule has 0 aliphatic carbocycles. The molecule has 0 radical (unpaired) electrons. The van der Waals surface area contributed by atoms with Crippen LogP contribution < -0.4 is 5.32 Å². The number of nitrogens with zero attached hydrogens (tertiary/aromatic N) is 1. The number of likely N-dealkylation sites (tertiary alicyclic amines) is 1. The maximum Gasteiger partial charge on any atom is 0.411 e. The zero-order chi connectivity index (χ0) is 13.4. The molecule has 1 aliphatic rings. The van der Waals surface area contributed by atoms with Crippen molar-refractivity contribution in [3.63, 3.8) is 0 Å².